The molecule has 0 fully saturated rings. The van der Waals surface area contributed by atoms with Crippen LogP contribution in [-0.4, -0.2) is 0 Å². The molecule has 0 saturated carbocycles. The Balaban J connectivity index is 1.08. The molecule has 58 heavy (non-hydrogen) atoms. The predicted octanol–water partition coefficient (Wildman–Crippen LogP) is 14.8. The minimum atomic E-state index is -0.0531. The maximum absolute atomic E-state index is 2.56. The summed E-state index contributed by atoms with van der Waals surface area (Å²) >= 11 is 0. The summed E-state index contributed by atoms with van der Waals surface area (Å²) in [6.07, 6.45) is 4.44. The van der Waals surface area contributed by atoms with Crippen LogP contribution in [0.4, 0.5) is 34.1 Å². The molecule has 0 aliphatic heterocycles. The number of rotatable bonds is 7. The summed E-state index contributed by atoms with van der Waals surface area (Å²) in [6, 6.07) is 72.2. The fourth-order valence-electron chi connectivity index (χ4n) is 10.6. The summed E-state index contributed by atoms with van der Waals surface area (Å²) in [7, 11) is 0. The average molecular weight is 747 g/mol. The van der Waals surface area contributed by atoms with E-state index in [4.69, 9.17) is 0 Å². The monoisotopic (exact) mass is 746 g/mol. The second kappa shape index (κ2) is 13.5. The number of anilines is 6. The smallest absolute Gasteiger partial charge is 0.0540 e. The van der Waals surface area contributed by atoms with Crippen LogP contribution in [0.5, 0.6) is 0 Å². The lowest BCUT2D eigenvalue weighted by atomic mass is 9.76. The Hall–Kier alpha value is -6.64. The van der Waals surface area contributed by atoms with Crippen LogP contribution in [0, 0.1) is 0 Å². The fourth-order valence-corrected chi connectivity index (χ4v) is 10.6. The standard InChI is InChI=1S/C56H46N2/c1-55(2)50-24-14-12-23-48(50)49-36-44(30-31-51(49)55)58(54-25-15-13-22-47(54)39-16-6-3-7-17-39)46-29-27-41-33-35-56(53(41)38-46)34-32-40-26-28-45(37-52(40)56)57(42-18-8-4-9-19-42)43-20-10-5-11-21-43/h3-31,36-38H,32-35H2,1-2H3/t56-/m1/s1. The van der Waals surface area contributed by atoms with E-state index < -0.39 is 0 Å². The minimum absolute atomic E-state index is 0.0404. The zero-order chi connectivity index (χ0) is 38.8. The number of hydrogen-bond donors (Lipinski definition) is 0. The van der Waals surface area contributed by atoms with Gasteiger partial charge in [-0.3, -0.25) is 0 Å². The number of fused-ring (bicyclic) bond motifs is 7. The Kier molecular flexibility index (Phi) is 8.05. The van der Waals surface area contributed by atoms with Crippen molar-refractivity contribution in [3.05, 3.63) is 228 Å². The van der Waals surface area contributed by atoms with E-state index in [-0.39, 0.29) is 10.8 Å². The van der Waals surface area contributed by atoms with Crippen molar-refractivity contribution in [3.63, 3.8) is 0 Å². The average Bonchev–Trinajstić information content (AvgIpc) is 3.91. The molecule has 0 saturated heterocycles. The van der Waals surface area contributed by atoms with Gasteiger partial charge in [0.1, 0.15) is 0 Å². The molecule has 0 radical (unpaired) electrons. The first-order valence-corrected chi connectivity index (χ1v) is 20.9. The lowest BCUT2D eigenvalue weighted by Crippen LogP contribution is -2.22. The van der Waals surface area contributed by atoms with Gasteiger partial charge in [-0.2, -0.15) is 0 Å². The highest BCUT2D eigenvalue weighted by Crippen LogP contribution is 2.56. The molecule has 11 rings (SSSR count). The molecule has 2 heteroatoms. The van der Waals surface area contributed by atoms with Gasteiger partial charge in [-0.05, 0) is 142 Å². The van der Waals surface area contributed by atoms with E-state index in [1.165, 1.54) is 89.8 Å². The normalized spacial score (nSPS) is 16.7. The molecule has 8 aromatic rings. The Bertz CT molecular complexity index is 2780. The van der Waals surface area contributed by atoms with Crippen molar-refractivity contribution in [1.29, 1.82) is 0 Å². The molecule has 0 bridgehead atoms. The number of nitrogens with zero attached hydrogens (tertiary/aromatic N) is 2. The quantitative estimate of drug-likeness (QED) is 0.160. The molecule has 1 spiro atoms. The Morgan fingerprint density at radius 2 is 0.845 bits per heavy atom. The van der Waals surface area contributed by atoms with Crippen LogP contribution in [0.15, 0.2) is 194 Å². The third kappa shape index (κ3) is 5.39. The van der Waals surface area contributed by atoms with Crippen molar-refractivity contribution in [2.45, 2.75) is 50.4 Å². The van der Waals surface area contributed by atoms with Gasteiger partial charge in [0.05, 0.1) is 5.69 Å². The largest absolute Gasteiger partial charge is 0.310 e. The molecule has 0 unspecified atom stereocenters. The Morgan fingerprint density at radius 3 is 1.48 bits per heavy atom. The van der Waals surface area contributed by atoms with Crippen LogP contribution in [0.25, 0.3) is 22.3 Å². The highest BCUT2D eigenvalue weighted by atomic mass is 15.1. The lowest BCUT2D eigenvalue weighted by molar-refractivity contribution is 0.507. The third-order valence-electron chi connectivity index (χ3n) is 13.5. The van der Waals surface area contributed by atoms with Gasteiger partial charge in [-0.1, -0.05) is 141 Å². The first-order valence-electron chi connectivity index (χ1n) is 20.9. The zero-order valence-electron chi connectivity index (χ0n) is 33.2. The molecule has 0 heterocycles. The molecule has 0 aromatic heterocycles. The van der Waals surface area contributed by atoms with E-state index in [2.05, 4.69) is 218 Å². The zero-order valence-corrected chi connectivity index (χ0v) is 33.2. The van der Waals surface area contributed by atoms with Crippen LogP contribution in [-0.2, 0) is 23.7 Å². The van der Waals surface area contributed by atoms with Crippen LogP contribution >= 0.6 is 0 Å². The molecule has 3 aliphatic carbocycles. The van der Waals surface area contributed by atoms with Gasteiger partial charge in [0.15, 0.2) is 0 Å². The summed E-state index contributed by atoms with van der Waals surface area (Å²) < 4.78 is 0. The molecule has 280 valence electrons. The molecule has 3 aliphatic rings. The van der Waals surface area contributed by atoms with Crippen molar-refractivity contribution in [3.8, 4) is 22.3 Å². The van der Waals surface area contributed by atoms with E-state index >= 15 is 0 Å². The van der Waals surface area contributed by atoms with Crippen molar-refractivity contribution in [1.82, 2.24) is 0 Å². The SMILES string of the molecule is CC1(C)c2ccccc2-c2cc(N(c3ccc4c(c3)[C@]3(CCc5ccc(N(c6ccccc6)c6ccccc6)cc53)CC4)c3ccccc3-c3ccccc3)ccc21. The second-order valence-corrected chi connectivity index (χ2v) is 16.9. The maximum Gasteiger partial charge on any atom is 0.0540 e. The maximum atomic E-state index is 2.56. The van der Waals surface area contributed by atoms with E-state index in [1.54, 1.807) is 0 Å². The molecule has 0 amide bonds. The fraction of sp³-hybridized carbons (Fsp3) is 0.143. The topological polar surface area (TPSA) is 6.48 Å². The van der Waals surface area contributed by atoms with Crippen molar-refractivity contribution in [2.24, 2.45) is 0 Å². The highest BCUT2D eigenvalue weighted by molar-refractivity contribution is 5.91. The number of hydrogen-bond acceptors (Lipinski definition) is 2. The molecule has 1 atom stereocenters. The van der Waals surface area contributed by atoms with Crippen molar-refractivity contribution in [2.75, 3.05) is 9.80 Å². The van der Waals surface area contributed by atoms with Gasteiger partial charge >= 0.3 is 0 Å². The van der Waals surface area contributed by atoms with Crippen LogP contribution in [0.2, 0.25) is 0 Å². The summed E-state index contributed by atoms with van der Waals surface area (Å²) in [4.78, 5) is 4.94. The van der Waals surface area contributed by atoms with E-state index in [9.17, 15) is 0 Å². The number of benzene rings is 8. The predicted molar refractivity (Wildman–Crippen MR) is 243 cm³/mol. The molecule has 0 N–H and O–H groups in total. The summed E-state index contributed by atoms with van der Waals surface area (Å²) in [6.45, 7) is 4.73. The first kappa shape index (κ1) is 34.6. The Labute approximate surface area is 342 Å². The minimum Gasteiger partial charge on any atom is -0.310 e. The third-order valence-corrected chi connectivity index (χ3v) is 13.5. The summed E-state index contributed by atoms with van der Waals surface area (Å²) in [5.74, 6) is 0. The van der Waals surface area contributed by atoms with Gasteiger partial charge in [0.25, 0.3) is 0 Å². The molecule has 2 nitrogen and oxygen atoms in total. The van der Waals surface area contributed by atoms with Crippen LogP contribution < -0.4 is 9.80 Å². The van der Waals surface area contributed by atoms with Gasteiger partial charge < -0.3 is 9.80 Å². The lowest BCUT2D eigenvalue weighted by Gasteiger charge is -2.32. The summed E-state index contributed by atoms with van der Waals surface area (Å²) in [5, 5.41) is 0. The van der Waals surface area contributed by atoms with Gasteiger partial charge in [0.2, 0.25) is 0 Å². The van der Waals surface area contributed by atoms with E-state index in [0.29, 0.717) is 0 Å². The van der Waals surface area contributed by atoms with E-state index in [0.717, 1.165) is 25.7 Å². The number of para-hydroxylation sites is 3. The van der Waals surface area contributed by atoms with Crippen molar-refractivity contribution < 1.29 is 0 Å². The molecule has 8 aromatic carbocycles. The van der Waals surface area contributed by atoms with E-state index in [1.807, 2.05) is 0 Å². The molecular formula is C56H46N2. The van der Waals surface area contributed by atoms with Crippen LogP contribution in [0.3, 0.4) is 0 Å². The summed E-state index contributed by atoms with van der Waals surface area (Å²) in [5.41, 5.74) is 20.8. The highest BCUT2D eigenvalue weighted by Gasteiger charge is 2.45. The van der Waals surface area contributed by atoms with Crippen LogP contribution in [0.1, 0.15) is 60.1 Å². The second-order valence-electron chi connectivity index (χ2n) is 16.9. The molecular weight excluding hydrogens is 701 g/mol. The van der Waals surface area contributed by atoms with Crippen molar-refractivity contribution >= 4 is 34.1 Å². The number of aryl methyl sites for hydroxylation is 2. The first-order chi connectivity index (χ1) is 28.5. The van der Waals surface area contributed by atoms with Gasteiger partial charge in [-0.25, -0.2) is 0 Å². The van der Waals surface area contributed by atoms with Gasteiger partial charge in [0, 0.05) is 44.8 Å². The Morgan fingerprint density at radius 1 is 0.362 bits per heavy atom. The van der Waals surface area contributed by atoms with Gasteiger partial charge in [-0.15, -0.1) is 0 Å².